The summed E-state index contributed by atoms with van der Waals surface area (Å²) in [5, 5.41) is 13.7. The lowest BCUT2D eigenvalue weighted by atomic mass is 10.00. The third kappa shape index (κ3) is 5.05. The molecule has 0 aliphatic carbocycles. The van der Waals surface area contributed by atoms with Crippen LogP contribution in [0, 0.1) is 19.7 Å². The van der Waals surface area contributed by atoms with E-state index < -0.39 is 6.04 Å². The molecule has 0 amide bonds. The number of piperazine rings is 1. The molecule has 39 heavy (non-hydrogen) atoms. The Kier molecular flexibility index (Phi) is 6.66. The van der Waals surface area contributed by atoms with Crippen LogP contribution in [-0.2, 0) is 6.54 Å². The van der Waals surface area contributed by atoms with E-state index in [1.54, 1.807) is 16.8 Å². The van der Waals surface area contributed by atoms with E-state index in [0.29, 0.717) is 17.9 Å². The summed E-state index contributed by atoms with van der Waals surface area (Å²) in [6, 6.07) is 22.4. The van der Waals surface area contributed by atoms with Crippen molar-refractivity contribution in [1.29, 1.82) is 0 Å². The number of aryl methyl sites for hydroxylation is 2. The number of hydrogen-bond acceptors (Lipinski definition) is 6. The molecule has 0 bridgehead atoms. The first-order valence-electron chi connectivity index (χ1n) is 13.1. The predicted molar refractivity (Wildman–Crippen MR) is 149 cm³/mol. The molecule has 2 aromatic heterocycles. The second-order valence-electron chi connectivity index (χ2n) is 10.2. The summed E-state index contributed by atoms with van der Waals surface area (Å²) >= 11 is 0. The van der Waals surface area contributed by atoms with Crippen LogP contribution in [0.15, 0.2) is 77.6 Å². The van der Waals surface area contributed by atoms with Gasteiger partial charge in [-0.05, 0) is 77.2 Å². The van der Waals surface area contributed by atoms with Crippen LogP contribution in [0.4, 0.5) is 10.1 Å². The molecule has 0 saturated carbocycles. The molecule has 1 fully saturated rings. The van der Waals surface area contributed by atoms with E-state index in [-0.39, 0.29) is 11.4 Å². The molecule has 5 aromatic rings. The van der Waals surface area contributed by atoms with Crippen molar-refractivity contribution in [3.05, 3.63) is 117 Å². The Morgan fingerprint density at radius 3 is 2.44 bits per heavy atom. The Bertz CT molecular complexity index is 1660. The van der Waals surface area contributed by atoms with Gasteiger partial charge in [0.2, 0.25) is 0 Å². The van der Waals surface area contributed by atoms with Crippen LogP contribution in [0.2, 0.25) is 0 Å². The summed E-state index contributed by atoms with van der Waals surface area (Å²) in [6.45, 7) is 7.51. The van der Waals surface area contributed by atoms with Gasteiger partial charge in [0.1, 0.15) is 11.9 Å². The van der Waals surface area contributed by atoms with Crippen molar-refractivity contribution in [2.75, 3.05) is 31.1 Å². The smallest absolute Gasteiger partial charge is 0.253 e. The molecule has 6 rings (SSSR count). The second-order valence-corrected chi connectivity index (χ2v) is 10.2. The average Bonchev–Trinajstić information content (AvgIpc) is 3.39. The zero-order valence-corrected chi connectivity index (χ0v) is 22.0. The fourth-order valence-corrected chi connectivity index (χ4v) is 5.57. The molecule has 0 unspecified atom stereocenters. The highest BCUT2D eigenvalue weighted by Gasteiger charge is 2.33. The molecule has 1 aliphatic rings. The summed E-state index contributed by atoms with van der Waals surface area (Å²) in [6.07, 6.45) is 0. The Balaban J connectivity index is 1.41. The van der Waals surface area contributed by atoms with Crippen molar-refractivity contribution in [3.63, 3.8) is 0 Å². The normalized spacial score (nSPS) is 15.1. The maximum Gasteiger partial charge on any atom is 0.253 e. The van der Waals surface area contributed by atoms with Gasteiger partial charge < -0.3 is 9.88 Å². The molecule has 0 spiro atoms. The minimum atomic E-state index is -0.452. The Morgan fingerprint density at radius 1 is 0.949 bits per heavy atom. The molecule has 1 saturated heterocycles. The van der Waals surface area contributed by atoms with Crippen LogP contribution in [0.1, 0.15) is 34.1 Å². The number of nitrogens with one attached hydrogen (secondary N) is 1. The summed E-state index contributed by atoms with van der Waals surface area (Å²) in [7, 11) is 0. The van der Waals surface area contributed by atoms with Gasteiger partial charge >= 0.3 is 0 Å². The molecule has 1 atom stereocenters. The van der Waals surface area contributed by atoms with Gasteiger partial charge in [-0.3, -0.25) is 9.69 Å². The predicted octanol–water partition coefficient (Wildman–Crippen LogP) is 4.23. The maximum absolute atomic E-state index is 13.6. The summed E-state index contributed by atoms with van der Waals surface area (Å²) in [5.41, 5.74) is 5.51. The highest BCUT2D eigenvalue weighted by Crippen LogP contribution is 2.30. The molecule has 3 heterocycles. The number of aromatic amines is 1. The average molecular weight is 524 g/mol. The Hall–Kier alpha value is -4.37. The van der Waals surface area contributed by atoms with Gasteiger partial charge in [-0.2, -0.15) is 0 Å². The molecular weight excluding hydrogens is 493 g/mol. The number of anilines is 1. The number of hydrogen-bond donors (Lipinski definition) is 1. The van der Waals surface area contributed by atoms with E-state index in [2.05, 4.69) is 61.5 Å². The fraction of sp³-hybridized carbons (Fsp3) is 0.267. The molecular formula is C30H30FN7O. The number of halogens is 1. The van der Waals surface area contributed by atoms with Crippen LogP contribution in [0.25, 0.3) is 10.9 Å². The summed E-state index contributed by atoms with van der Waals surface area (Å²) < 4.78 is 15.2. The van der Waals surface area contributed by atoms with Gasteiger partial charge in [-0.25, -0.2) is 9.07 Å². The largest absolute Gasteiger partial charge is 0.369 e. The van der Waals surface area contributed by atoms with Gasteiger partial charge in [0, 0.05) is 37.4 Å². The topological polar surface area (TPSA) is 82.9 Å². The third-order valence-corrected chi connectivity index (χ3v) is 7.47. The van der Waals surface area contributed by atoms with Crippen LogP contribution >= 0.6 is 0 Å². The van der Waals surface area contributed by atoms with Crippen LogP contribution < -0.4 is 10.5 Å². The lowest BCUT2D eigenvalue weighted by molar-refractivity contribution is 0.200. The third-order valence-electron chi connectivity index (χ3n) is 7.47. The zero-order chi connectivity index (χ0) is 26.9. The number of H-pyrrole nitrogens is 1. The molecule has 9 heteroatoms. The highest BCUT2D eigenvalue weighted by atomic mass is 19.1. The monoisotopic (exact) mass is 523 g/mol. The van der Waals surface area contributed by atoms with Gasteiger partial charge in [-0.1, -0.05) is 42.0 Å². The lowest BCUT2D eigenvalue weighted by Crippen LogP contribution is -2.49. The zero-order valence-electron chi connectivity index (χ0n) is 22.0. The molecule has 198 valence electrons. The highest BCUT2D eigenvalue weighted by molar-refractivity contribution is 5.83. The van der Waals surface area contributed by atoms with E-state index in [1.165, 1.54) is 17.8 Å². The first-order valence-corrected chi connectivity index (χ1v) is 13.1. The molecule has 0 radical (unpaired) electrons. The number of tetrazole rings is 1. The number of aromatic nitrogens is 5. The first kappa shape index (κ1) is 24.9. The maximum atomic E-state index is 13.6. The Morgan fingerprint density at radius 2 is 1.69 bits per heavy atom. The minimum Gasteiger partial charge on any atom is -0.369 e. The quantitative estimate of drug-likeness (QED) is 0.359. The number of para-hydroxylation sites is 1. The van der Waals surface area contributed by atoms with E-state index in [4.69, 9.17) is 0 Å². The number of fused-ring (bicyclic) bond motifs is 1. The number of nitrogens with zero attached hydrogens (tertiary/aromatic N) is 6. The van der Waals surface area contributed by atoms with Crippen molar-refractivity contribution < 1.29 is 4.39 Å². The minimum absolute atomic E-state index is 0.152. The van der Waals surface area contributed by atoms with Crippen LogP contribution in [0.3, 0.4) is 0 Å². The fourth-order valence-electron chi connectivity index (χ4n) is 5.57. The van der Waals surface area contributed by atoms with E-state index in [9.17, 15) is 9.18 Å². The van der Waals surface area contributed by atoms with Gasteiger partial charge in [0.25, 0.3) is 5.56 Å². The van der Waals surface area contributed by atoms with Crippen molar-refractivity contribution in [2.45, 2.75) is 26.4 Å². The first-order chi connectivity index (χ1) is 19.0. The van der Waals surface area contributed by atoms with Gasteiger partial charge in [-0.15, -0.1) is 5.10 Å². The van der Waals surface area contributed by atoms with Gasteiger partial charge in [0.15, 0.2) is 5.82 Å². The summed E-state index contributed by atoms with van der Waals surface area (Å²) in [5.74, 6) is 0.292. The Labute approximate surface area is 225 Å². The molecule has 1 aliphatic heterocycles. The van der Waals surface area contributed by atoms with Crippen LogP contribution in [0.5, 0.6) is 0 Å². The van der Waals surface area contributed by atoms with Crippen molar-refractivity contribution in [3.8, 4) is 0 Å². The molecule has 1 N–H and O–H groups in total. The lowest BCUT2D eigenvalue weighted by Gasteiger charge is -2.39. The number of benzene rings is 3. The number of rotatable bonds is 6. The van der Waals surface area contributed by atoms with E-state index >= 15 is 0 Å². The molecule has 8 nitrogen and oxygen atoms in total. The van der Waals surface area contributed by atoms with E-state index in [0.717, 1.165) is 53.8 Å². The summed E-state index contributed by atoms with van der Waals surface area (Å²) in [4.78, 5) is 21.4. The van der Waals surface area contributed by atoms with E-state index in [1.807, 2.05) is 31.2 Å². The van der Waals surface area contributed by atoms with Gasteiger partial charge in [0.05, 0.1) is 12.1 Å². The van der Waals surface area contributed by atoms with Crippen molar-refractivity contribution >= 4 is 16.6 Å². The van der Waals surface area contributed by atoms with Crippen molar-refractivity contribution in [2.24, 2.45) is 0 Å². The second kappa shape index (κ2) is 10.4. The standard InChI is InChI=1S/C30H30FN7O/c1-20-16-21(2)27-23(17-20)18-26(30(39)32-27)28(37-14-12-36(13-15-37)25-6-4-3-5-7-25)29-33-34-35-38(29)19-22-8-10-24(31)11-9-22/h3-11,16-18,28H,12-15,19H2,1-2H3,(H,32,39)/t28-/m0/s1. The van der Waals surface area contributed by atoms with Crippen molar-refractivity contribution in [1.82, 2.24) is 30.1 Å². The SMILES string of the molecule is Cc1cc(C)c2[nH]c(=O)c([C@@H](c3nnnn3Cc3ccc(F)cc3)N3CCN(c4ccccc4)CC3)cc2c1. The molecule has 3 aromatic carbocycles. The number of pyridine rings is 1. The van der Waals surface area contributed by atoms with Crippen LogP contribution in [-0.4, -0.2) is 56.3 Å².